The van der Waals surface area contributed by atoms with Crippen LogP contribution in [-0.4, -0.2) is 12.5 Å². The molecule has 1 N–H and O–H groups in total. The zero-order valence-corrected chi connectivity index (χ0v) is 12.1. The molecule has 0 atom stereocenters. The van der Waals surface area contributed by atoms with E-state index in [-0.39, 0.29) is 11.7 Å². The van der Waals surface area contributed by atoms with Gasteiger partial charge in [0, 0.05) is 23.2 Å². The van der Waals surface area contributed by atoms with Gasteiger partial charge in [0.25, 0.3) is 0 Å². The highest BCUT2D eigenvalue weighted by Crippen LogP contribution is 2.10. The van der Waals surface area contributed by atoms with E-state index in [1.165, 1.54) is 18.2 Å². The fraction of sp³-hybridized carbons (Fsp3) is 0.118. The molecule has 2 aromatic carbocycles. The molecule has 0 spiro atoms. The maximum Gasteiger partial charge on any atom is 0.244 e. The van der Waals surface area contributed by atoms with Crippen molar-refractivity contribution in [2.45, 2.75) is 6.42 Å². The molecule has 2 aromatic rings. The van der Waals surface area contributed by atoms with Gasteiger partial charge in [-0.25, -0.2) is 4.39 Å². The van der Waals surface area contributed by atoms with Crippen molar-refractivity contribution in [3.05, 3.63) is 76.6 Å². The van der Waals surface area contributed by atoms with Crippen LogP contribution in [0.2, 0.25) is 5.02 Å². The second-order valence-electron chi connectivity index (χ2n) is 4.52. The first-order valence-corrected chi connectivity index (χ1v) is 6.98. The molecule has 0 saturated heterocycles. The summed E-state index contributed by atoms with van der Waals surface area (Å²) >= 11 is 5.80. The third kappa shape index (κ3) is 5.04. The van der Waals surface area contributed by atoms with Crippen molar-refractivity contribution in [1.29, 1.82) is 0 Å². The number of hydrogen-bond acceptors (Lipinski definition) is 1. The van der Waals surface area contributed by atoms with Crippen LogP contribution >= 0.6 is 11.6 Å². The van der Waals surface area contributed by atoms with Gasteiger partial charge >= 0.3 is 0 Å². The Hall–Kier alpha value is -2.13. The van der Waals surface area contributed by atoms with Gasteiger partial charge in [0.1, 0.15) is 5.82 Å². The summed E-state index contributed by atoms with van der Waals surface area (Å²) < 4.78 is 13.4. The van der Waals surface area contributed by atoms with Crippen LogP contribution in [0.25, 0.3) is 6.08 Å². The maximum atomic E-state index is 13.4. The van der Waals surface area contributed by atoms with Crippen molar-refractivity contribution in [1.82, 2.24) is 5.32 Å². The summed E-state index contributed by atoms with van der Waals surface area (Å²) in [5, 5.41) is 3.44. The van der Waals surface area contributed by atoms with E-state index in [0.29, 0.717) is 17.1 Å². The SMILES string of the molecule is O=C(/C=C/c1ccccc1F)NCCc1ccc(Cl)cc1. The highest BCUT2D eigenvalue weighted by molar-refractivity contribution is 6.30. The van der Waals surface area contributed by atoms with Crippen molar-refractivity contribution in [3.8, 4) is 0 Å². The Labute approximate surface area is 128 Å². The number of halogens is 2. The zero-order valence-electron chi connectivity index (χ0n) is 11.4. The number of hydrogen-bond donors (Lipinski definition) is 1. The first-order chi connectivity index (χ1) is 10.1. The van der Waals surface area contributed by atoms with Crippen LogP contribution in [0.3, 0.4) is 0 Å². The predicted octanol–water partition coefficient (Wildman–Crippen LogP) is 3.85. The van der Waals surface area contributed by atoms with Crippen LogP contribution in [-0.2, 0) is 11.2 Å². The van der Waals surface area contributed by atoms with E-state index in [9.17, 15) is 9.18 Å². The lowest BCUT2D eigenvalue weighted by molar-refractivity contribution is -0.116. The monoisotopic (exact) mass is 303 g/mol. The molecule has 0 fully saturated rings. The van der Waals surface area contributed by atoms with Crippen molar-refractivity contribution in [2.24, 2.45) is 0 Å². The molecular formula is C17H15ClFNO. The Morgan fingerprint density at radius 2 is 1.86 bits per heavy atom. The lowest BCUT2D eigenvalue weighted by atomic mass is 10.1. The minimum atomic E-state index is -0.345. The van der Waals surface area contributed by atoms with Gasteiger partial charge in [0.05, 0.1) is 0 Å². The van der Waals surface area contributed by atoms with E-state index in [2.05, 4.69) is 5.32 Å². The second kappa shape index (κ2) is 7.60. The Morgan fingerprint density at radius 1 is 1.14 bits per heavy atom. The lowest BCUT2D eigenvalue weighted by Crippen LogP contribution is -2.23. The van der Waals surface area contributed by atoms with Crippen LogP contribution < -0.4 is 5.32 Å². The van der Waals surface area contributed by atoms with Gasteiger partial charge in [-0.15, -0.1) is 0 Å². The van der Waals surface area contributed by atoms with Gasteiger partial charge < -0.3 is 5.32 Å². The summed E-state index contributed by atoms with van der Waals surface area (Å²) in [4.78, 5) is 11.6. The smallest absolute Gasteiger partial charge is 0.244 e. The fourth-order valence-electron chi connectivity index (χ4n) is 1.82. The summed E-state index contributed by atoms with van der Waals surface area (Å²) in [6, 6.07) is 13.8. The van der Waals surface area contributed by atoms with Crippen LogP contribution in [0.1, 0.15) is 11.1 Å². The molecule has 0 radical (unpaired) electrons. The number of carbonyl (C=O) groups excluding carboxylic acids is 1. The summed E-state index contributed by atoms with van der Waals surface area (Å²) in [5.41, 5.74) is 1.49. The fourth-order valence-corrected chi connectivity index (χ4v) is 1.94. The predicted molar refractivity (Wildman–Crippen MR) is 83.6 cm³/mol. The maximum absolute atomic E-state index is 13.4. The quantitative estimate of drug-likeness (QED) is 0.835. The molecule has 0 bridgehead atoms. The molecular weight excluding hydrogens is 289 g/mol. The highest BCUT2D eigenvalue weighted by atomic mass is 35.5. The van der Waals surface area contributed by atoms with E-state index in [1.54, 1.807) is 18.2 Å². The molecule has 2 rings (SSSR count). The van der Waals surface area contributed by atoms with Gasteiger partial charge in [0.15, 0.2) is 0 Å². The molecule has 0 aliphatic rings. The van der Waals surface area contributed by atoms with Crippen molar-refractivity contribution >= 4 is 23.6 Å². The van der Waals surface area contributed by atoms with Gasteiger partial charge in [-0.1, -0.05) is 41.9 Å². The molecule has 108 valence electrons. The minimum absolute atomic E-state index is 0.243. The third-order valence-corrected chi connectivity index (χ3v) is 3.20. The molecule has 0 saturated carbocycles. The van der Waals surface area contributed by atoms with Gasteiger partial charge in [0.2, 0.25) is 5.91 Å². The van der Waals surface area contributed by atoms with E-state index in [1.807, 2.05) is 24.3 Å². The summed E-state index contributed by atoms with van der Waals surface area (Å²) in [7, 11) is 0. The van der Waals surface area contributed by atoms with Crippen LogP contribution in [0.15, 0.2) is 54.6 Å². The number of carbonyl (C=O) groups is 1. The highest BCUT2D eigenvalue weighted by Gasteiger charge is 1.99. The lowest BCUT2D eigenvalue weighted by Gasteiger charge is -2.03. The summed E-state index contributed by atoms with van der Waals surface area (Å²) in [6.45, 7) is 0.516. The molecule has 2 nitrogen and oxygen atoms in total. The Kier molecular flexibility index (Phi) is 5.52. The van der Waals surface area contributed by atoms with Gasteiger partial charge in [-0.05, 0) is 36.3 Å². The zero-order chi connectivity index (χ0) is 15.1. The van der Waals surface area contributed by atoms with Crippen molar-refractivity contribution in [3.63, 3.8) is 0 Å². The topological polar surface area (TPSA) is 29.1 Å². The molecule has 21 heavy (non-hydrogen) atoms. The van der Waals surface area contributed by atoms with Crippen molar-refractivity contribution in [2.75, 3.05) is 6.54 Å². The molecule has 0 heterocycles. The largest absolute Gasteiger partial charge is 0.352 e. The van der Waals surface area contributed by atoms with Gasteiger partial charge in [-0.3, -0.25) is 4.79 Å². The van der Waals surface area contributed by atoms with E-state index in [4.69, 9.17) is 11.6 Å². The van der Waals surface area contributed by atoms with E-state index >= 15 is 0 Å². The Morgan fingerprint density at radius 3 is 2.57 bits per heavy atom. The molecule has 1 amide bonds. The van der Waals surface area contributed by atoms with E-state index in [0.717, 1.165) is 12.0 Å². The van der Waals surface area contributed by atoms with Crippen LogP contribution in [0.5, 0.6) is 0 Å². The van der Waals surface area contributed by atoms with Crippen LogP contribution in [0, 0.1) is 5.82 Å². The molecule has 0 aliphatic carbocycles. The first kappa shape index (κ1) is 15.3. The van der Waals surface area contributed by atoms with Crippen molar-refractivity contribution < 1.29 is 9.18 Å². The second-order valence-corrected chi connectivity index (χ2v) is 4.96. The Balaban J connectivity index is 1.80. The molecule has 4 heteroatoms. The average Bonchev–Trinajstić information content (AvgIpc) is 2.48. The van der Waals surface area contributed by atoms with Crippen LogP contribution in [0.4, 0.5) is 4.39 Å². The molecule has 0 unspecified atom stereocenters. The summed E-state index contributed by atoms with van der Waals surface area (Å²) in [6.07, 6.45) is 3.52. The average molecular weight is 304 g/mol. The summed E-state index contributed by atoms with van der Waals surface area (Å²) in [5.74, 6) is -0.588. The number of amides is 1. The first-order valence-electron chi connectivity index (χ1n) is 6.60. The Bertz CT molecular complexity index is 637. The molecule has 0 aromatic heterocycles. The normalized spacial score (nSPS) is 10.8. The van der Waals surface area contributed by atoms with Gasteiger partial charge in [-0.2, -0.15) is 0 Å². The van der Waals surface area contributed by atoms with E-state index < -0.39 is 0 Å². The number of benzene rings is 2. The minimum Gasteiger partial charge on any atom is -0.352 e. The number of nitrogens with one attached hydrogen (secondary N) is 1. The third-order valence-electron chi connectivity index (χ3n) is 2.95. The standard InChI is InChI=1S/C17H15ClFNO/c18-15-8-5-13(6-9-15)11-12-20-17(21)10-7-14-3-1-2-4-16(14)19/h1-10H,11-12H2,(H,20,21)/b10-7+. The number of rotatable bonds is 5. The molecule has 0 aliphatic heterocycles.